The van der Waals surface area contributed by atoms with Gasteiger partial charge in [0.25, 0.3) is 0 Å². The van der Waals surface area contributed by atoms with Gasteiger partial charge in [0.05, 0.1) is 29.2 Å². The molecule has 0 fully saturated rings. The van der Waals surface area contributed by atoms with Gasteiger partial charge >= 0.3 is 0 Å². The van der Waals surface area contributed by atoms with Crippen molar-refractivity contribution in [3.8, 4) is 17.1 Å². The Bertz CT molecular complexity index is 1490. The highest BCUT2D eigenvalue weighted by molar-refractivity contribution is 5.93. The number of fused-ring (bicyclic) bond motifs is 2. The monoisotopic (exact) mass is 457 g/mol. The molecule has 0 radical (unpaired) electrons. The summed E-state index contributed by atoms with van der Waals surface area (Å²) in [4.78, 5) is 13.7. The van der Waals surface area contributed by atoms with Crippen LogP contribution < -0.4 is 10.1 Å². The molecule has 0 amide bonds. The standard InChI is InChI=1S/C24H27N9O/c1-6-34-24-18(8-7-9-26-24)19-10-20(22-21(28-19)15(4)31-33(22)14(2)3)27-12-17-11-25-13-32-16(5)29-30-23(17)32/h7-11,13-14H,6,12H2,1-5H3,(H,27,28). The number of hydrogen-bond donors (Lipinski definition) is 1. The molecule has 10 nitrogen and oxygen atoms in total. The summed E-state index contributed by atoms with van der Waals surface area (Å²) in [5.74, 6) is 1.36. The van der Waals surface area contributed by atoms with Crippen molar-refractivity contribution in [1.29, 1.82) is 0 Å². The Morgan fingerprint density at radius 1 is 1.18 bits per heavy atom. The van der Waals surface area contributed by atoms with E-state index in [0.717, 1.165) is 50.7 Å². The molecule has 0 aliphatic heterocycles. The van der Waals surface area contributed by atoms with Crippen LogP contribution in [0.15, 0.2) is 36.9 Å². The van der Waals surface area contributed by atoms with E-state index in [-0.39, 0.29) is 6.04 Å². The second kappa shape index (κ2) is 8.69. The average molecular weight is 458 g/mol. The molecular weight excluding hydrogens is 430 g/mol. The Kier molecular flexibility index (Phi) is 5.56. The molecule has 0 unspecified atom stereocenters. The van der Waals surface area contributed by atoms with E-state index < -0.39 is 0 Å². The number of ether oxygens (including phenoxy) is 1. The van der Waals surface area contributed by atoms with Crippen LogP contribution in [0.2, 0.25) is 0 Å². The maximum Gasteiger partial charge on any atom is 0.222 e. The van der Waals surface area contributed by atoms with Gasteiger partial charge < -0.3 is 10.1 Å². The first-order valence-electron chi connectivity index (χ1n) is 11.3. The van der Waals surface area contributed by atoms with E-state index >= 15 is 0 Å². The normalized spacial score (nSPS) is 11.6. The molecule has 5 aromatic heterocycles. The number of nitrogens with zero attached hydrogens (tertiary/aromatic N) is 8. The van der Waals surface area contributed by atoms with Crippen LogP contribution in [0.1, 0.15) is 43.9 Å². The van der Waals surface area contributed by atoms with Gasteiger partial charge in [0.2, 0.25) is 5.88 Å². The van der Waals surface area contributed by atoms with Gasteiger partial charge in [-0.05, 0) is 52.8 Å². The minimum atomic E-state index is 0.172. The zero-order valence-electron chi connectivity index (χ0n) is 19.9. The van der Waals surface area contributed by atoms with Crippen molar-refractivity contribution in [3.05, 3.63) is 54.0 Å². The van der Waals surface area contributed by atoms with E-state index in [1.54, 1.807) is 12.5 Å². The van der Waals surface area contributed by atoms with Gasteiger partial charge in [-0.3, -0.25) is 9.08 Å². The number of aryl methyl sites for hydroxylation is 2. The summed E-state index contributed by atoms with van der Waals surface area (Å²) in [5, 5.41) is 16.9. The van der Waals surface area contributed by atoms with Crippen LogP contribution in [0.5, 0.6) is 5.88 Å². The predicted molar refractivity (Wildman–Crippen MR) is 130 cm³/mol. The van der Waals surface area contributed by atoms with Crippen LogP contribution in [0.3, 0.4) is 0 Å². The predicted octanol–water partition coefficient (Wildman–Crippen LogP) is 4.14. The van der Waals surface area contributed by atoms with Crippen LogP contribution >= 0.6 is 0 Å². The lowest BCUT2D eigenvalue weighted by molar-refractivity contribution is 0.328. The van der Waals surface area contributed by atoms with Crippen LogP contribution in [-0.2, 0) is 6.54 Å². The molecule has 34 heavy (non-hydrogen) atoms. The molecule has 10 heteroatoms. The minimum Gasteiger partial charge on any atom is -0.477 e. The van der Waals surface area contributed by atoms with Crippen LogP contribution in [0, 0.1) is 13.8 Å². The van der Waals surface area contributed by atoms with Crippen molar-refractivity contribution in [2.75, 3.05) is 11.9 Å². The number of aromatic nitrogens is 8. The van der Waals surface area contributed by atoms with Crippen LogP contribution in [-0.4, -0.2) is 45.9 Å². The van der Waals surface area contributed by atoms with E-state index in [1.165, 1.54) is 0 Å². The quantitative estimate of drug-likeness (QED) is 0.388. The van der Waals surface area contributed by atoms with Crippen LogP contribution in [0.25, 0.3) is 27.9 Å². The van der Waals surface area contributed by atoms with E-state index in [1.807, 2.05) is 54.2 Å². The molecule has 0 spiro atoms. The largest absolute Gasteiger partial charge is 0.477 e. The Labute approximate surface area is 197 Å². The van der Waals surface area contributed by atoms with Crippen molar-refractivity contribution in [2.45, 2.75) is 47.2 Å². The van der Waals surface area contributed by atoms with E-state index in [0.29, 0.717) is 19.0 Å². The Morgan fingerprint density at radius 3 is 2.82 bits per heavy atom. The fraction of sp³-hybridized carbons (Fsp3) is 0.333. The lowest BCUT2D eigenvalue weighted by atomic mass is 10.1. The van der Waals surface area contributed by atoms with Crippen molar-refractivity contribution >= 4 is 22.4 Å². The van der Waals surface area contributed by atoms with Gasteiger partial charge in [-0.15, -0.1) is 10.2 Å². The third-order valence-electron chi connectivity index (χ3n) is 5.67. The number of pyridine rings is 2. The van der Waals surface area contributed by atoms with Gasteiger partial charge in [0.1, 0.15) is 23.2 Å². The highest BCUT2D eigenvalue weighted by Crippen LogP contribution is 2.34. The molecular formula is C24H27N9O. The maximum atomic E-state index is 5.78. The van der Waals surface area contributed by atoms with Crippen molar-refractivity contribution in [2.24, 2.45) is 0 Å². The van der Waals surface area contributed by atoms with E-state index in [4.69, 9.17) is 14.8 Å². The van der Waals surface area contributed by atoms with E-state index in [9.17, 15) is 0 Å². The first kappa shape index (κ1) is 21.7. The third kappa shape index (κ3) is 3.70. The molecule has 0 saturated carbocycles. The first-order chi connectivity index (χ1) is 16.5. The second-order valence-corrected chi connectivity index (χ2v) is 8.38. The second-order valence-electron chi connectivity index (χ2n) is 8.38. The van der Waals surface area contributed by atoms with Gasteiger partial charge in [-0.1, -0.05) is 0 Å². The lowest BCUT2D eigenvalue weighted by Gasteiger charge is -2.15. The smallest absolute Gasteiger partial charge is 0.222 e. The maximum absolute atomic E-state index is 5.78. The van der Waals surface area contributed by atoms with Gasteiger partial charge in [-0.25, -0.2) is 15.0 Å². The number of rotatable bonds is 7. The highest BCUT2D eigenvalue weighted by Gasteiger charge is 2.20. The summed E-state index contributed by atoms with van der Waals surface area (Å²) >= 11 is 0. The molecule has 1 N–H and O–H groups in total. The fourth-order valence-corrected chi connectivity index (χ4v) is 4.05. The SMILES string of the molecule is CCOc1ncccc1-c1cc(NCc2cncn3c(C)nnc23)c2c(n1)c(C)nn2C(C)C. The summed E-state index contributed by atoms with van der Waals surface area (Å²) in [6, 6.07) is 6.07. The molecule has 0 saturated heterocycles. The third-order valence-corrected chi connectivity index (χ3v) is 5.67. The molecule has 5 heterocycles. The molecule has 174 valence electrons. The van der Waals surface area contributed by atoms with Crippen LogP contribution in [0.4, 0.5) is 5.69 Å². The summed E-state index contributed by atoms with van der Waals surface area (Å²) in [5.41, 5.74) is 6.91. The van der Waals surface area contributed by atoms with Crippen molar-refractivity contribution in [3.63, 3.8) is 0 Å². The zero-order chi connectivity index (χ0) is 23.8. The summed E-state index contributed by atoms with van der Waals surface area (Å²) in [6.45, 7) is 11.1. The molecule has 0 atom stereocenters. The average Bonchev–Trinajstić information content (AvgIpc) is 3.39. The summed E-state index contributed by atoms with van der Waals surface area (Å²) in [6.07, 6.45) is 5.27. The zero-order valence-corrected chi connectivity index (χ0v) is 19.9. The molecule has 0 aliphatic carbocycles. The number of nitrogens with one attached hydrogen (secondary N) is 1. The number of hydrogen-bond acceptors (Lipinski definition) is 8. The van der Waals surface area contributed by atoms with E-state index in [2.05, 4.69) is 39.3 Å². The minimum absolute atomic E-state index is 0.172. The number of anilines is 1. The Hall–Kier alpha value is -4.08. The highest BCUT2D eigenvalue weighted by atomic mass is 16.5. The Balaban J connectivity index is 1.64. The molecule has 0 aromatic carbocycles. The Morgan fingerprint density at radius 2 is 2.03 bits per heavy atom. The summed E-state index contributed by atoms with van der Waals surface area (Å²) < 4.78 is 9.67. The first-order valence-corrected chi connectivity index (χ1v) is 11.3. The molecule has 5 rings (SSSR count). The molecule has 5 aromatic rings. The van der Waals surface area contributed by atoms with Gasteiger partial charge in [-0.2, -0.15) is 5.10 Å². The fourth-order valence-electron chi connectivity index (χ4n) is 4.05. The van der Waals surface area contributed by atoms with Gasteiger partial charge in [0, 0.05) is 30.5 Å². The molecule has 0 aliphatic rings. The van der Waals surface area contributed by atoms with Gasteiger partial charge in [0.15, 0.2) is 5.65 Å². The topological polar surface area (TPSA) is 108 Å². The molecule has 0 bridgehead atoms. The lowest BCUT2D eigenvalue weighted by Crippen LogP contribution is -2.08. The van der Waals surface area contributed by atoms with Crippen molar-refractivity contribution < 1.29 is 4.74 Å². The summed E-state index contributed by atoms with van der Waals surface area (Å²) in [7, 11) is 0. The van der Waals surface area contributed by atoms with Crippen molar-refractivity contribution in [1.82, 2.24) is 39.3 Å².